The quantitative estimate of drug-likeness (QED) is 0.573. The number of aromatic nitrogens is 2. The molecule has 0 aliphatic rings. The molecular weight excluding hydrogens is 228 g/mol. The third kappa shape index (κ3) is 3.07. The molecule has 0 aliphatic carbocycles. The van der Waals surface area contributed by atoms with Gasteiger partial charge < -0.3 is 5.73 Å². The summed E-state index contributed by atoms with van der Waals surface area (Å²) in [5.41, 5.74) is 5.49. The molecule has 0 amide bonds. The van der Waals surface area contributed by atoms with E-state index in [0.29, 0.717) is 13.0 Å². The van der Waals surface area contributed by atoms with Crippen LogP contribution >= 0.6 is 0 Å². The number of aryl methyl sites for hydroxylation is 1. The molecule has 1 aromatic rings. The van der Waals surface area contributed by atoms with Gasteiger partial charge in [-0.15, -0.1) is 0 Å². The van der Waals surface area contributed by atoms with Gasteiger partial charge in [0.15, 0.2) is 5.82 Å². The van der Waals surface area contributed by atoms with Crippen LogP contribution < -0.4 is 10.5 Å². The predicted molar refractivity (Wildman–Crippen MR) is 62.2 cm³/mol. The van der Waals surface area contributed by atoms with Gasteiger partial charge in [0.05, 0.1) is 0 Å². The van der Waals surface area contributed by atoms with Crippen molar-refractivity contribution in [3.63, 3.8) is 0 Å². The van der Waals surface area contributed by atoms with Crippen LogP contribution in [0.15, 0.2) is 23.2 Å². The molecule has 0 unspecified atom stereocenters. The summed E-state index contributed by atoms with van der Waals surface area (Å²) in [6.45, 7) is 2.23. The van der Waals surface area contributed by atoms with E-state index in [1.165, 1.54) is 10.9 Å². The third-order valence-corrected chi connectivity index (χ3v) is 3.43. The normalized spacial score (nSPS) is 12.4. The van der Waals surface area contributed by atoms with Crippen LogP contribution in [-0.4, -0.2) is 24.7 Å². The molecule has 0 spiro atoms. The molecule has 0 aliphatic heterocycles. The zero-order valence-electron chi connectivity index (χ0n) is 9.34. The Bertz CT molecular complexity index is 476. The molecular formula is C9H16N4O2S. The summed E-state index contributed by atoms with van der Waals surface area (Å²) in [4.78, 5) is 0.0236. The van der Waals surface area contributed by atoms with E-state index in [1.54, 1.807) is 7.05 Å². The van der Waals surface area contributed by atoms with Crippen molar-refractivity contribution >= 4 is 15.8 Å². The average Bonchev–Trinajstić information content (AvgIpc) is 2.53. The highest BCUT2D eigenvalue weighted by molar-refractivity contribution is 7.89. The van der Waals surface area contributed by atoms with Gasteiger partial charge in [-0.2, -0.15) is 5.10 Å². The van der Waals surface area contributed by atoms with Crippen molar-refractivity contribution in [1.29, 1.82) is 0 Å². The molecule has 6 nitrogen and oxygen atoms in total. The number of nitrogens with zero attached hydrogens (tertiary/aromatic N) is 2. The maximum absolute atomic E-state index is 11.8. The maximum atomic E-state index is 11.8. The Morgan fingerprint density at radius 3 is 2.81 bits per heavy atom. The zero-order chi connectivity index (χ0) is 12.2. The van der Waals surface area contributed by atoms with Crippen LogP contribution in [0.1, 0.15) is 13.3 Å². The molecule has 1 aromatic heterocycles. The van der Waals surface area contributed by atoms with Crippen LogP contribution in [0, 0.1) is 0 Å². The Balaban J connectivity index is 2.74. The van der Waals surface area contributed by atoms with E-state index in [9.17, 15) is 8.42 Å². The highest BCUT2D eigenvalue weighted by Gasteiger charge is 2.19. The number of anilines is 1. The lowest BCUT2D eigenvalue weighted by Gasteiger charge is -2.03. The summed E-state index contributed by atoms with van der Waals surface area (Å²) < 4.78 is 27.3. The summed E-state index contributed by atoms with van der Waals surface area (Å²) in [6, 6.07) is 0. The van der Waals surface area contributed by atoms with Gasteiger partial charge in [-0.25, -0.2) is 13.1 Å². The second-order valence-corrected chi connectivity index (χ2v) is 5.04. The average molecular weight is 244 g/mol. The first-order valence-corrected chi connectivity index (χ1v) is 6.35. The Morgan fingerprint density at radius 1 is 1.62 bits per heavy atom. The second-order valence-electron chi connectivity index (χ2n) is 3.31. The van der Waals surface area contributed by atoms with Crippen molar-refractivity contribution in [1.82, 2.24) is 14.5 Å². The van der Waals surface area contributed by atoms with Crippen molar-refractivity contribution < 1.29 is 8.42 Å². The van der Waals surface area contributed by atoms with Crippen LogP contribution in [-0.2, 0) is 17.1 Å². The smallest absolute Gasteiger partial charge is 0.245 e. The lowest BCUT2D eigenvalue weighted by molar-refractivity contribution is 0.582. The SMILES string of the molecule is C/C=C/CCNS(=O)(=O)c1cn(C)nc1N. The van der Waals surface area contributed by atoms with E-state index in [2.05, 4.69) is 9.82 Å². The Kier molecular flexibility index (Phi) is 4.08. The number of rotatable bonds is 5. The molecule has 0 bridgehead atoms. The van der Waals surface area contributed by atoms with Crippen molar-refractivity contribution in [3.8, 4) is 0 Å². The molecule has 0 radical (unpaired) electrons. The summed E-state index contributed by atoms with van der Waals surface area (Å²) in [5, 5.41) is 3.78. The standard InChI is InChI=1S/C9H16N4O2S/c1-3-4-5-6-11-16(14,15)8-7-13(2)12-9(8)10/h3-4,7,11H,5-6H2,1-2H3,(H2,10,12)/b4-3+. The first-order chi connectivity index (χ1) is 7.47. The third-order valence-electron chi connectivity index (χ3n) is 1.95. The van der Waals surface area contributed by atoms with E-state index in [1.807, 2.05) is 19.1 Å². The predicted octanol–water partition coefficient (Wildman–Crippen LogP) is 0.247. The number of hydrogen-bond donors (Lipinski definition) is 2. The lowest BCUT2D eigenvalue weighted by Crippen LogP contribution is -2.24. The van der Waals surface area contributed by atoms with Gasteiger partial charge >= 0.3 is 0 Å². The van der Waals surface area contributed by atoms with Crippen molar-refractivity contribution in [2.45, 2.75) is 18.2 Å². The minimum absolute atomic E-state index is 0.0148. The summed E-state index contributed by atoms with van der Waals surface area (Å²) >= 11 is 0. The van der Waals surface area contributed by atoms with Gasteiger partial charge in [-0.1, -0.05) is 12.2 Å². The van der Waals surface area contributed by atoms with Crippen LogP contribution in [0.2, 0.25) is 0 Å². The first kappa shape index (κ1) is 12.7. The highest BCUT2D eigenvalue weighted by atomic mass is 32.2. The van der Waals surface area contributed by atoms with E-state index >= 15 is 0 Å². The van der Waals surface area contributed by atoms with Crippen LogP contribution in [0.4, 0.5) is 5.82 Å². The van der Waals surface area contributed by atoms with Gasteiger partial charge in [0.25, 0.3) is 0 Å². The summed E-state index contributed by atoms with van der Waals surface area (Å²) in [7, 11) is -1.92. The van der Waals surface area contributed by atoms with Crippen molar-refractivity contribution in [2.75, 3.05) is 12.3 Å². The molecule has 1 heterocycles. The minimum atomic E-state index is -3.54. The topological polar surface area (TPSA) is 90.0 Å². The monoisotopic (exact) mass is 244 g/mol. The van der Waals surface area contributed by atoms with E-state index in [-0.39, 0.29) is 10.7 Å². The van der Waals surface area contributed by atoms with Gasteiger partial charge in [-0.3, -0.25) is 4.68 Å². The minimum Gasteiger partial charge on any atom is -0.381 e. The van der Waals surface area contributed by atoms with E-state index in [4.69, 9.17) is 5.73 Å². The van der Waals surface area contributed by atoms with Crippen LogP contribution in [0.25, 0.3) is 0 Å². The Labute approximate surface area is 95.2 Å². The van der Waals surface area contributed by atoms with Gasteiger partial charge in [0, 0.05) is 19.8 Å². The zero-order valence-corrected chi connectivity index (χ0v) is 10.2. The van der Waals surface area contributed by atoms with Gasteiger partial charge in [0.1, 0.15) is 4.90 Å². The fraction of sp³-hybridized carbons (Fsp3) is 0.444. The molecule has 90 valence electrons. The van der Waals surface area contributed by atoms with Gasteiger partial charge in [0.2, 0.25) is 10.0 Å². The highest BCUT2D eigenvalue weighted by Crippen LogP contribution is 2.14. The lowest BCUT2D eigenvalue weighted by atomic mass is 10.4. The Hall–Kier alpha value is -1.34. The van der Waals surface area contributed by atoms with Crippen molar-refractivity contribution in [3.05, 3.63) is 18.3 Å². The Morgan fingerprint density at radius 2 is 2.31 bits per heavy atom. The van der Waals surface area contributed by atoms with Crippen molar-refractivity contribution in [2.24, 2.45) is 7.05 Å². The molecule has 3 N–H and O–H groups in total. The first-order valence-electron chi connectivity index (χ1n) is 4.87. The number of allylic oxidation sites excluding steroid dienone is 1. The maximum Gasteiger partial charge on any atom is 0.245 e. The molecule has 0 fully saturated rings. The number of nitrogens with two attached hydrogens (primary N) is 1. The molecule has 0 aromatic carbocycles. The van der Waals surface area contributed by atoms with Crippen LogP contribution in [0.5, 0.6) is 0 Å². The largest absolute Gasteiger partial charge is 0.381 e. The molecule has 0 saturated carbocycles. The summed E-state index contributed by atoms with van der Waals surface area (Å²) in [6.07, 6.45) is 5.78. The second kappa shape index (κ2) is 5.13. The van der Waals surface area contributed by atoms with E-state index < -0.39 is 10.0 Å². The van der Waals surface area contributed by atoms with E-state index in [0.717, 1.165) is 0 Å². The molecule has 7 heteroatoms. The molecule has 1 rings (SSSR count). The summed E-state index contributed by atoms with van der Waals surface area (Å²) in [5.74, 6) is 0.0148. The number of sulfonamides is 1. The molecule has 0 atom stereocenters. The van der Waals surface area contributed by atoms with Crippen LogP contribution in [0.3, 0.4) is 0 Å². The number of nitrogens with one attached hydrogen (secondary N) is 1. The fourth-order valence-corrected chi connectivity index (χ4v) is 2.36. The number of hydrogen-bond acceptors (Lipinski definition) is 4. The molecule has 0 saturated heterocycles. The molecule has 16 heavy (non-hydrogen) atoms. The van der Waals surface area contributed by atoms with Gasteiger partial charge in [-0.05, 0) is 13.3 Å². The number of nitrogen functional groups attached to an aromatic ring is 1. The fourth-order valence-electron chi connectivity index (χ4n) is 1.21.